The molecule has 1 aliphatic carbocycles. The second-order valence-corrected chi connectivity index (χ2v) is 4.26. The van der Waals surface area contributed by atoms with Crippen LogP contribution in [0.5, 0.6) is 0 Å². The number of aromatic carboxylic acids is 1. The van der Waals surface area contributed by atoms with Crippen molar-refractivity contribution in [2.75, 3.05) is 20.3 Å². The van der Waals surface area contributed by atoms with E-state index in [2.05, 4.69) is 4.90 Å². The number of hydrogen-bond acceptors (Lipinski definition) is 4. The van der Waals surface area contributed by atoms with Gasteiger partial charge in [-0.25, -0.2) is 4.79 Å². The van der Waals surface area contributed by atoms with Crippen molar-refractivity contribution in [3.63, 3.8) is 0 Å². The smallest absolute Gasteiger partial charge is 0.339 e. The highest BCUT2D eigenvalue weighted by Gasteiger charge is 2.30. The van der Waals surface area contributed by atoms with Crippen molar-refractivity contribution < 1.29 is 19.1 Å². The molecular formula is C12H17NO4. The van der Waals surface area contributed by atoms with Gasteiger partial charge in [-0.05, 0) is 18.9 Å². The molecule has 0 spiro atoms. The fourth-order valence-electron chi connectivity index (χ4n) is 1.88. The minimum absolute atomic E-state index is 0.257. The predicted octanol–water partition coefficient (Wildman–Crippen LogP) is 1.59. The minimum Gasteiger partial charge on any atom is -0.478 e. The van der Waals surface area contributed by atoms with E-state index in [-0.39, 0.29) is 5.56 Å². The van der Waals surface area contributed by atoms with Crippen LogP contribution in [0.15, 0.2) is 16.7 Å². The van der Waals surface area contributed by atoms with Crippen molar-refractivity contribution >= 4 is 5.97 Å². The fourth-order valence-corrected chi connectivity index (χ4v) is 1.88. The van der Waals surface area contributed by atoms with Gasteiger partial charge < -0.3 is 14.3 Å². The molecule has 1 saturated carbocycles. The Bertz CT molecular complexity index is 384. The largest absolute Gasteiger partial charge is 0.478 e. The van der Waals surface area contributed by atoms with Crippen molar-refractivity contribution in [3.8, 4) is 0 Å². The highest BCUT2D eigenvalue weighted by Crippen LogP contribution is 2.28. The van der Waals surface area contributed by atoms with Gasteiger partial charge >= 0.3 is 5.97 Å². The monoisotopic (exact) mass is 239 g/mol. The van der Waals surface area contributed by atoms with E-state index in [0.717, 1.165) is 6.54 Å². The topological polar surface area (TPSA) is 62.9 Å². The lowest BCUT2D eigenvalue weighted by Gasteiger charge is -2.20. The predicted molar refractivity (Wildman–Crippen MR) is 61.0 cm³/mol. The van der Waals surface area contributed by atoms with Gasteiger partial charge in [-0.3, -0.25) is 4.90 Å². The molecule has 0 bridgehead atoms. The van der Waals surface area contributed by atoms with Crippen LogP contribution in [-0.2, 0) is 11.3 Å². The number of carboxylic acid groups (broad SMARTS) is 1. The molecule has 5 heteroatoms. The Morgan fingerprint density at radius 1 is 1.65 bits per heavy atom. The van der Waals surface area contributed by atoms with Gasteiger partial charge in [0.25, 0.3) is 0 Å². The number of carboxylic acids is 1. The molecular weight excluding hydrogens is 222 g/mol. The summed E-state index contributed by atoms with van der Waals surface area (Å²) in [5, 5.41) is 8.99. The average Bonchev–Trinajstić information content (AvgIpc) is 3.03. The Hall–Kier alpha value is -1.33. The van der Waals surface area contributed by atoms with Crippen LogP contribution in [0.2, 0.25) is 0 Å². The molecule has 0 atom stereocenters. The molecule has 0 radical (unpaired) electrons. The first-order valence-electron chi connectivity index (χ1n) is 5.75. The van der Waals surface area contributed by atoms with Gasteiger partial charge in [-0.15, -0.1) is 0 Å². The van der Waals surface area contributed by atoms with Crippen molar-refractivity contribution in [1.29, 1.82) is 0 Å². The number of furan rings is 1. The first-order chi connectivity index (χ1) is 8.22. The molecule has 17 heavy (non-hydrogen) atoms. The third-order valence-electron chi connectivity index (χ3n) is 2.97. The molecule has 0 aromatic carbocycles. The van der Waals surface area contributed by atoms with Crippen molar-refractivity contribution in [1.82, 2.24) is 4.90 Å². The molecule has 0 saturated heterocycles. The van der Waals surface area contributed by atoms with E-state index in [1.807, 2.05) is 0 Å². The lowest BCUT2D eigenvalue weighted by Crippen LogP contribution is -2.29. The SMILES string of the molecule is COCCN(Cc1occc1C(=O)O)C1CC1. The summed E-state index contributed by atoms with van der Waals surface area (Å²) in [5.74, 6) is -0.406. The molecule has 0 amide bonds. The number of methoxy groups -OCH3 is 1. The van der Waals surface area contributed by atoms with Gasteiger partial charge in [0.15, 0.2) is 0 Å². The lowest BCUT2D eigenvalue weighted by molar-refractivity contribution is 0.0691. The van der Waals surface area contributed by atoms with Crippen LogP contribution in [-0.4, -0.2) is 42.3 Å². The van der Waals surface area contributed by atoms with E-state index < -0.39 is 5.97 Å². The van der Waals surface area contributed by atoms with Crippen molar-refractivity contribution in [3.05, 3.63) is 23.7 Å². The summed E-state index contributed by atoms with van der Waals surface area (Å²) in [4.78, 5) is 13.2. The van der Waals surface area contributed by atoms with E-state index in [9.17, 15) is 4.79 Å². The third-order valence-corrected chi connectivity index (χ3v) is 2.97. The number of hydrogen-bond donors (Lipinski definition) is 1. The zero-order valence-electron chi connectivity index (χ0n) is 9.89. The minimum atomic E-state index is -0.934. The first-order valence-corrected chi connectivity index (χ1v) is 5.75. The maximum Gasteiger partial charge on any atom is 0.339 e. The molecule has 1 heterocycles. The highest BCUT2D eigenvalue weighted by molar-refractivity contribution is 5.88. The van der Waals surface area contributed by atoms with Crippen LogP contribution in [0.25, 0.3) is 0 Å². The summed E-state index contributed by atoms with van der Waals surface area (Å²) in [7, 11) is 1.67. The van der Waals surface area contributed by atoms with E-state index in [1.165, 1.54) is 25.2 Å². The molecule has 94 valence electrons. The van der Waals surface area contributed by atoms with Crippen LogP contribution in [0.1, 0.15) is 29.0 Å². The Labute approximate surface area is 100.0 Å². The summed E-state index contributed by atoms with van der Waals surface area (Å²) >= 11 is 0. The van der Waals surface area contributed by atoms with E-state index in [0.29, 0.717) is 25.0 Å². The zero-order chi connectivity index (χ0) is 12.3. The molecule has 1 N–H and O–H groups in total. The summed E-state index contributed by atoms with van der Waals surface area (Å²) in [6.07, 6.45) is 3.78. The Kier molecular flexibility index (Phi) is 3.81. The molecule has 0 aliphatic heterocycles. The lowest BCUT2D eigenvalue weighted by atomic mass is 10.2. The summed E-state index contributed by atoms with van der Waals surface area (Å²) in [6.45, 7) is 2.00. The zero-order valence-corrected chi connectivity index (χ0v) is 9.89. The van der Waals surface area contributed by atoms with Gasteiger partial charge in [-0.2, -0.15) is 0 Å². The molecule has 1 aromatic heterocycles. The van der Waals surface area contributed by atoms with Gasteiger partial charge in [0.1, 0.15) is 11.3 Å². The Balaban J connectivity index is 2.01. The number of ether oxygens (including phenoxy) is 1. The van der Waals surface area contributed by atoms with Gasteiger partial charge in [0, 0.05) is 19.7 Å². The van der Waals surface area contributed by atoms with Crippen LogP contribution in [0.3, 0.4) is 0 Å². The molecule has 1 aromatic rings. The van der Waals surface area contributed by atoms with Crippen molar-refractivity contribution in [2.45, 2.75) is 25.4 Å². The second kappa shape index (κ2) is 5.33. The van der Waals surface area contributed by atoms with Crippen LogP contribution in [0.4, 0.5) is 0 Å². The van der Waals surface area contributed by atoms with Gasteiger partial charge in [-0.1, -0.05) is 0 Å². The normalized spacial score (nSPS) is 15.4. The number of rotatable bonds is 7. The van der Waals surface area contributed by atoms with Crippen LogP contribution in [0, 0.1) is 0 Å². The second-order valence-electron chi connectivity index (χ2n) is 4.26. The molecule has 1 aliphatic rings. The number of nitrogens with zero attached hydrogens (tertiary/aromatic N) is 1. The van der Waals surface area contributed by atoms with Crippen LogP contribution >= 0.6 is 0 Å². The number of carbonyl (C=O) groups is 1. The Morgan fingerprint density at radius 3 is 3.00 bits per heavy atom. The van der Waals surface area contributed by atoms with Crippen molar-refractivity contribution in [2.24, 2.45) is 0 Å². The highest BCUT2D eigenvalue weighted by atomic mass is 16.5. The van der Waals surface area contributed by atoms with E-state index in [4.69, 9.17) is 14.3 Å². The standard InChI is InChI=1S/C12H17NO4/c1-16-7-5-13(9-2-3-9)8-11-10(12(14)15)4-6-17-11/h4,6,9H,2-3,5,7-8H2,1H3,(H,14,15). The average molecular weight is 239 g/mol. The van der Waals surface area contributed by atoms with Crippen LogP contribution < -0.4 is 0 Å². The summed E-state index contributed by atoms with van der Waals surface area (Å²) < 4.78 is 10.3. The molecule has 0 unspecified atom stereocenters. The summed E-state index contributed by atoms with van der Waals surface area (Å²) in [5.41, 5.74) is 0.257. The van der Waals surface area contributed by atoms with Gasteiger partial charge in [0.2, 0.25) is 0 Å². The fraction of sp³-hybridized carbons (Fsp3) is 0.583. The first kappa shape index (κ1) is 12.1. The van der Waals surface area contributed by atoms with E-state index >= 15 is 0 Å². The molecule has 1 fully saturated rings. The maximum absolute atomic E-state index is 11.0. The maximum atomic E-state index is 11.0. The van der Waals surface area contributed by atoms with E-state index in [1.54, 1.807) is 7.11 Å². The quantitative estimate of drug-likeness (QED) is 0.782. The Morgan fingerprint density at radius 2 is 2.41 bits per heavy atom. The van der Waals surface area contributed by atoms with Gasteiger partial charge in [0.05, 0.1) is 19.4 Å². The molecule has 2 rings (SSSR count). The summed E-state index contributed by atoms with van der Waals surface area (Å²) in [6, 6.07) is 2.05. The molecule has 5 nitrogen and oxygen atoms in total. The third kappa shape index (κ3) is 3.08.